The average Bonchev–Trinajstić information content (AvgIpc) is 2.46. The van der Waals surface area contributed by atoms with Gasteiger partial charge in [0, 0.05) is 11.4 Å². The van der Waals surface area contributed by atoms with Crippen LogP contribution in [0, 0.1) is 11.8 Å². The fraction of sp³-hybridized carbons (Fsp3) is 0.333. The largest absolute Gasteiger partial charge is 0.356 e. The molecule has 0 spiro atoms. The van der Waals surface area contributed by atoms with E-state index in [1.165, 1.54) is 11.8 Å². The maximum Gasteiger partial charge on any atom is 0.0384 e. The van der Waals surface area contributed by atoms with Crippen molar-refractivity contribution in [3.63, 3.8) is 0 Å². The number of hydrogen-bond donors (Lipinski definition) is 1. The molecule has 2 aromatic carbocycles. The Morgan fingerprint density at radius 2 is 0.947 bits per heavy atom. The van der Waals surface area contributed by atoms with Crippen molar-refractivity contribution in [1.29, 1.82) is 0 Å². The Morgan fingerprint density at radius 1 is 0.579 bits per heavy atom. The topological polar surface area (TPSA) is 12.0 Å². The molecular formula is C18H21N. The summed E-state index contributed by atoms with van der Waals surface area (Å²) in [5.41, 5.74) is 2.24. The molecule has 1 N–H and O–H groups in total. The summed E-state index contributed by atoms with van der Waals surface area (Å²) in [4.78, 5) is 0. The number of benzene rings is 2. The third-order valence-corrected chi connectivity index (χ3v) is 4.32. The average molecular weight is 251 g/mol. The quantitative estimate of drug-likeness (QED) is 0.770. The minimum atomic E-state index is 1.12. The normalized spacial score (nSPS) is 22.9. The van der Waals surface area contributed by atoms with Gasteiger partial charge in [-0.2, -0.15) is 0 Å². The lowest BCUT2D eigenvalue weighted by atomic mass is 9.60. The second-order valence-electron chi connectivity index (χ2n) is 5.53. The van der Waals surface area contributed by atoms with Crippen LogP contribution in [0.3, 0.4) is 0 Å². The van der Waals surface area contributed by atoms with Gasteiger partial charge in [-0.05, 0) is 61.8 Å². The summed E-state index contributed by atoms with van der Waals surface area (Å²) in [6, 6.07) is 20.3. The molecule has 19 heavy (non-hydrogen) atoms. The summed E-state index contributed by atoms with van der Waals surface area (Å²) in [6.07, 6.45) is 6.24. The van der Waals surface area contributed by atoms with Gasteiger partial charge in [-0.15, -0.1) is 0 Å². The first-order valence-corrected chi connectivity index (χ1v) is 7.29. The molecular weight excluding hydrogens is 230 g/mol. The number of fused-ring (bicyclic) bond motifs is 1. The standard InChI is InChI=1S/C12H11N.C6H10/c1-3-7-11(8-4-1)13-12-9-5-2-6-10-12;1-2-6-4-3-5(1)6/h1-10,13H;5-6H,1-4H2. The molecule has 98 valence electrons. The molecule has 0 amide bonds. The Hall–Kier alpha value is -1.76. The fourth-order valence-electron chi connectivity index (χ4n) is 2.77. The lowest BCUT2D eigenvalue weighted by Gasteiger charge is -2.46. The number of anilines is 2. The van der Waals surface area contributed by atoms with Crippen LogP contribution in [-0.4, -0.2) is 0 Å². The Labute approximate surface area is 115 Å². The first kappa shape index (κ1) is 12.3. The summed E-state index contributed by atoms with van der Waals surface area (Å²) in [5.74, 6) is 2.43. The molecule has 2 aliphatic rings. The first-order valence-electron chi connectivity index (χ1n) is 7.29. The van der Waals surface area contributed by atoms with Gasteiger partial charge >= 0.3 is 0 Å². The van der Waals surface area contributed by atoms with Crippen molar-refractivity contribution >= 4 is 11.4 Å². The smallest absolute Gasteiger partial charge is 0.0384 e. The van der Waals surface area contributed by atoms with Crippen LogP contribution in [0.4, 0.5) is 11.4 Å². The third-order valence-electron chi connectivity index (χ3n) is 4.32. The van der Waals surface area contributed by atoms with E-state index in [1.54, 1.807) is 25.7 Å². The zero-order valence-electron chi connectivity index (χ0n) is 11.3. The highest BCUT2D eigenvalue weighted by Gasteiger charge is 2.37. The van der Waals surface area contributed by atoms with Gasteiger partial charge in [-0.1, -0.05) is 36.4 Å². The van der Waals surface area contributed by atoms with Crippen molar-refractivity contribution in [2.45, 2.75) is 25.7 Å². The summed E-state index contributed by atoms with van der Waals surface area (Å²) < 4.78 is 0. The minimum Gasteiger partial charge on any atom is -0.356 e. The summed E-state index contributed by atoms with van der Waals surface area (Å²) >= 11 is 0. The van der Waals surface area contributed by atoms with E-state index >= 15 is 0 Å². The predicted molar refractivity (Wildman–Crippen MR) is 81.6 cm³/mol. The molecule has 0 saturated heterocycles. The molecule has 1 heteroatoms. The van der Waals surface area contributed by atoms with Crippen molar-refractivity contribution in [3.8, 4) is 0 Å². The molecule has 0 bridgehead atoms. The zero-order valence-corrected chi connectivity index (χ0v) is 11.3. The van der Waals surface area contributed by atoms with Crippen LogP contribution < -0.4 is 5.32 Å². The van der Waals surface area contributed by atoms with Crippen LogP contribution in [0.15, 0.2) is 60.7 Å². The lowest BCUT2D eigenvalue weighted by Crippen LogP contribution is -2.34. The number of nitrogens with one attached hydrogen (secondary N) is 1. The fourth-order valence-corrected chi connectivity index (χ4v) is 2.77. The van der Waals surface area contributed by atoms with Gasteiger partial charge in [0.15, 0.2) is 0 Å². The van der Waals surface area contributed by atoms with Crippen LogP contribution in [0.25, 0.3) is 0 Å². The van der Waals surface area contributed by atoms with E-state index in [2.05, 4.69) is 5.32 Å². The van der Waals surface area contributed by atoms with E-state index in [-0.39, 0.29) is 0 Å². The van der Waals surface area contributed by atoms with Crippen molar-refractivity contribution in [2.24, 2.45) is 11.8 Å². The van der Waals surface area contributed by atoms with Gasteiger partial charge in [-0.25, -0.2) is 0 Å². The molecule has 2 aromatic rings. The van der Waals surface area contributed by atoms with Gasteiger partial charge in [0.1, 0.15) is 0 Å². The summed E-state index contributed by atoms with van der Waals surface area (Å²) in [6.45, 7) is 0. The lowest BCUT2D eigenvalue weighted by molar-refractivity contribution is 0.0548. The Morgan fingerprint density at radius 3 is 1.21 bits per heavy atom. The Balaban J connectivity index is 0.000000151. The van der Waals surface area contributed by atoms with E-state index in [0.29, 0.717) is 0 Å². The maximum absolute atomic E-state index is 3.30. The molecule has 2 saturated carbocycles. The molecule has 0 heterocycles. The van der Waals surface area contributed by atoms with E-state index < -0.39 is 0 Å². The summed E-state index contributed by atoms with van der Waals surface area (Å²) in [7, 11) is 0. The van der Waals surface area contributed by atoms with E-state index in [4.69, 9.17) is 0 Å². The molecule has 0 radical (unpaired) electrons. The second kappa shape index (κ2) is 5.92. The molecule has 4 rings (SSSR count). The highest BCUT2D eigenvalue weighted by Crippen LogP contribution is 2.49. The molecule has 0 aromatic heterocycles. The van der Waals surface area contributed by atoms with Gasteiger partial charge in [0.05, 0.1) is 0 Å². The van der Waals surface area contributed by atoms with Crippen molar-refractivity contribution < 1.29 is 0 Å². The van der Waals surface area contributed by atoms with Crippen LogP contribution >= 0.6 is 0 Å². The van der Waals surface area contributed by atoms with E-state index in [9.17, 15) is 0 Å². The minimum absolute atomic E-state index is 1.12. The van der Waals surface area contributed by atoms with Crippen LogP contribution in [0.1, 0.15) is 25.7 Å². The predicted octanol–water partition coefficient (Wildman–Crippen LogP) is 5.24. The van der Waals surface area contributed by atoms with Gasteiger partial charge in [0.25, 0.3) is 0 Å². The van der Waals surface area contributed by atoms with Gasteiger partial charge < -0.3 is 5.32 Å². The molecule has 0 aliphatic heterocycles. The molecule has 2 aliphatic carbocycles. The zero-order chi connectivity index (χ0) is 12.9. The van der Waals surface area contributed by atoms with Gasteiger partial charge in [0.2, 0.25) is 0 Å². The Bertz CT molecular complexity index is 436. The van der Waals surface area contributed by atoms with Crippen molar-refractivity contribution in [1.82, 2.24) is 0 Å². The van der Waals surface area contributed by atoms with Crippen LogP contribution in [-0.2, 0) is 0 Å². The SMILES string of the molecule is C1CC2CCC12.c1ccc(Nc2ccccc2)cc1. The molecule has 0 unspecified atom stereocenters. The van der Waals surface area contributed by atoms with E-state index in [0.717, 1.165) is 11.4 Å². The third kappa shape index (κ3) is 3.17. The highest BCUT2D eigenvalue weighted by molar-refractivity contribution is 5.58. The highest BCUT2D eigenvalue weighted by atomic mass is 14.9. The van der Waals surface area contributed by atoms with E-state index in [1.807, 2.05) is 60.7 Å². The first-order chi connectivity index (χ1) is 9.42. The van der Waals surface area contributed by atoms with Crippen molar-refractivity contribution in [3.05, 3.63) is 60.7 Å². The summed E-state index contributed by atoms with van der Waals surface area (Å²) in [5, 5.41) is 3.30. The monoisotopic (exact) mass is 251 g/mol. The maximum atomic E-state index is 3.30. The number of para-hydroxylation sites is 2. The molecule has 0 atom stereocenters. The second-order valence-corrected chi connectivity index (χ2v) is 5.53. The number of rotatable bonds is 2. The van der Waals surface area contributed by atoms with Crippen molar-refractivity contribution in [2.75, 3.05) is 5.32 Å². The molecule has 2 fully saturated rings. The number of hydrogen-bond acceptors (Lipinski definition) is 1. The van der Waals surface area contributed by atoms with Crippen LogP contribution in [0.5, 0.6) is 0 Å². The van der Waals surface area contributed by atoms with Gasteiger partial charge in [-0.3, -0.25) is 0 Å². The Kier molecular flexibility index (Phi) is 3.83. The molecule has 1 nitrogen and oxygen atoms in total. The van der Waals surface area contributed by atoms with Crippen LogP contribution in [0.2, 0.25) is 0 Å².